The lowest BCUT2D eigenvalue weighted by Gasteiger charge is -2.22. The van der Waals surface area contributed by atoms with Gasteiger partial charge in [0.25, 0.3) is 0 Å². The third-order valence-corrected chi connectivity index (χ3v) is 6.89. The van der Waals surface area contributed by atoms with Crippen molar-refractivity contribution in [2.75, 3.05) is 13.2 Å². The number of nitrogens with zero attached hydrogens (tertiary/aromatic N) is 2. The van der Waals surface area contributed by atoms with Gasteiger partial charge in [-0.1, -0.05) is 147 Å². The molecule has 4 nitrogen and oxygen atoms in total. The van der Waals surface area contributed by atoms with Gasteiger partial charge in [0.05, 0.1) is 13.2 Å². The second kappa shape index (κ2) is 18.1. The van der Waals surface area contributed by atoms with Gasteiger partial charge in [-0.05, 0) is 35.1 Å². The van der Waals surface area contributed by atoms with Gasteiger partial charge >= 0.3 is 0 Å². The smallest absolute Gasteiger partial charge is 0.0685 e. The molecule has 4 rings (SSSR count). The molecule has 0 saturated heterocycles. The number of hydroxylamine groups is 4. The molecule has 0 bridgehead atoms. The van der Waals surface area contributed by atoms with Crippen molar-refractivity contribution in [3.63, 3.8) is 0 Å². The summed E-state index contributed by atoms with van der Waals surface area (Å²) in [5.74, 6) is 0. The average Bonchev–Trinajstić information content (AvgIpc) is 3.00. The second-order valence-electron chi connectivity index (χ2n) is 10.3. The Morgan fingerprint density at radius 3 is 0.850 bits per heavy atom. The van der Waals surface area contributed by atoms with Crippen LogP contribution >= 0.6 is 0 Å². The van der Waals surface area contributed by atoms with Crippen molar-refractivity contribution in [3.05, 3.63) is 144 Å². The Balaban J connectivity index is 1.10. The molecule has 40 heavy (non-hydrogen) atoms. The van der Waals surface area contributed by atoms with Crippen molar-refractivity contribution in [1.29, 1.82) is 0 Å². The van der Waals surface area contributed by atoms with Gasteiger partial charge in [-0.15, -0.1) is 0 Å². The minimum atomic E-state index is 0.761. The molecule has 0 spiro atoms. The Bertz CT molecular complexity index is 979. The van der Waals surface area contributed by atoms with Crippen LogP contribution in [-0.2, 0) is 35.9 Å². The first-order chi connectivity index (χ1) is 19.8. The van der Waals surface area contributed by atoms with Crippen LogP contribution in [0.1, 0.15) is 60.8 Å². The van der Waals surface area contributed by atoms with Gasteiger partial charge in [-0.3, -0.25) is 9.68 Å². The fourth-order valence-electron chi connectivity index (χ4n) is 4.74. The van der Waals surface area contributed by atoms with E-state index in [2.05, 4.69) is 131 Å². The Morgan fingerprint density at radius 2 is 0.575 bits per heavy atom. The van der Waals surface area contributed by atoms with Crippen molar-refractivity contribution in [1.82, 2.24) is 10.1 Å². The third-order valence-electron chi connectivity index (χ3n) is 6.89. The fourth-order valence-corrected chi connectivity index (χ4v) is 4.74. The van der Waals surface area contributed by atoms with Crippen LogP contribution in [0, 0.1) is 0 Å². The van der Waals surface area contributed by atoms with E-state index in [1.54, 1.807) is 0 Å². The highest BCUT2D eigenvalue weighted by Crippen LogP contribution is 2.14. The Labute approximate surface area is 241 Å². The summed E-state index contributed by atoms with van der Waals surface area (Å²) < 4.78 is 0. The summed E-state index contributed by atoms with van der Waals surface area (Å²) in [5, 5.41) is 4.19. The molecule has 0 atom stereocenters. The van der Waals surface area contributed by atoms with Crippen LogP contribution in [-0.4, -0.2) is 23.3 Å². The van der Waals surface area contributed by atoms with Crippen molar-refractivity contribution < 1.29 is 9.68 Å². The summed E-state index contributed by atoms with van der Waals surface area (Å²) in [6.45, 7) is 4.69. The molecular weight excluding hydrogens is 492 g/mol. The van der Waals surface area contributed by atoms with Crippen molar-refractivity contribution >= 4 is 0 Å². The first-order valence-corrected chi connectivity index (χ1v) is 14.8. The summed E-state index contributed by atoms with van der Waals surface area (Å²) in [6.07, 6.45) is 7.02. The summed E-state index contributed by atoms with van der Waals surface area (Å²) in [7, 11) is 0. The SMILES string of the molecule is c1ccc(CN(Cc2ccccc2)OCCCCCCCCON(Cc2ccccc2)Cc2ccccc2)cc1. The van der Waals surface area contributed by atoms with Crippen LogP contribution in [0.2, 0.25) is 0 Å². The van der Waals surface area contributed by atoms with Gasteiger partial charge in [0, 0.05) is 26.2 Å². The van der Waals surface area contributed by atoms with E-state index in [0.717, 1.165) is 52.2 Å². The van der Waals surface area contributed by atoms with Crippen molar-refractivity contribution in [2.24, 2.45) is 0 Å². The van der Waals surface area contributed by atoms with Crippen LogP contribution in [0.15, 0.2) is 121 Å². The topological polar surface area (TPSA) is 24.9 Å². The lowest BCUT2D eigenvalue weighted by Crippen LogP contribution is -2.24. The Kier molecular flexibility index (Phi) is 13.5. The molecule has 0 aliphatic carbocycles. The summed E-state index contributed by atoms with van der Waals surface area (Å²) in [6, 6.07) is 42.2. The summed E-state index contributed by atoms with van der Waals surface area (Å²) >= 11 is 0. The standard InChI is InChI=1S/C36H44N2O2/c1(3-17-27-39-37(29-33-19-9-5-10-20-33)30-34-21-11-6-12-22-34)2-4-18-28-40-38(31-35-23-13-7-14-24-35)32-36-25-15-8-16-26-36/h5-16,19-26H,1-4,17-18,27-32H2. The van der Waals surface area contributed by atoms with E-state index in [9.17, 15) is 0 Å². The van der Waals surface area contributed by atoms with Crippen molar-refractivity contribution in [3.8, 4) is 0 Å². The molecule has 0 aromatic heterocycles. The normalized spacial score (nSPS) is 11.3. The van der Waals surface area contributed by atoms with E-state index in [0.29, 0.717) is 0 Å². The minimum Gasteiger partial charge on any atom is -0.298 e. The largest absolute Gasteiger partial charge is 0.298 e. The lowest BCUT2D eigenvalue weighted by atomic mass is 10.1. The summed E-state index contributed by atoms with van der Waals surface area (Å²) in [4.78, 5) is 12.5. The Morgan fingerprint density at radius 1 is 0.325 bits per heavy atom. The van der Waals surface area contributed by atoms with Crippen molar-refractivity contribution in [2.45, 2.75) is 64.7 Å². The molecule has 0 heterocycles. The van der Waals surface area contributed by atoms with Gasteiger partial charge in [-0.25, -0.2) is 0 Å². The maximum atomic E-state index is 6.23. The van der Waals surface area contributed by atoms with Gasteiger partial charge in [-0.2, -0.15) is 10.1 Å². The molecule has 4 heteroatoms. The molecule has 0 saturated carbocycles. The number of rotatable bonds is 19. The van der Waals surface area contributed by atoms with E-state index in [-0.39, 0.29) is 0 Å². The molecule has 0 aliphatic rings. The van der Waals surface area contributed by atoms with Crippen LogP contribution < -0.4 is 0 Å². The predicted octanol–water partition coefficient (Wildman–Crippen LogP) is 8.60. The highest BCUT2D eigenvalue weighted by molar-refractivity contribution is 5.18. The fraction of sp³-hybridized carbons (Fsp3) is 0.333. The zero-order valence-corrected chi connectivity index (χ0v) is 23.7. The highest BCUT2D eigenvalue weighted by atomic mass is 16.7. The lowest BCUT2D eigenvalue weighted by molar-refractivity contribution is -0.175. The predicted molar refractivity (Wildman–Crippen MR) is 164 cm³/mol. The number of benzene rings is 4. The molecule has 0 aliphatic heterocycles. The number of unbranched alkanes of at least 4 members (excludes halogenated alkanes) is 5. The van der Waals surface area contributed by atoms with E-state index in [1.165, 1.54) is 47.9 Å². The third kappa shape index (κ3) is 11.8. The first kappa shape index (κ1) is 29.7. The molecule has 0 N–H and O–H groups in total. The highest BCUT2D eigenvalue weighted by Gasteiger charge is 2.09. The quantitative estimate of drug-likeness (QED) is 0.0885. The number of hydrogen-bond donors (Lipinski definition) is 0. The van der Waals surface area contributed by atoms with Gasteiger partial charge in [0.1, 0.15) is 0 Å². The monoisotopic (exact) mass is 536 g/mol. The van der Waals surface area contributed by atoms with Crippen LogP contribution in [0.25, 0.3) is 0 Å². The molecule has 0 unspecified atom stereocenters. The van der Waals surface area contributed by atoms with Crippen LogP contribution in [0.3, 0.4) is 0 Å². The maximum Gasteiger partial charge on any atom is 0.0685 e. The van der Waals surface area contributed by atoms with Gasteiger partial charge < -0.3 is 0 Å². The van der Waals surface area contributed by atoms with E-state index in [4.69, 9.17) is 9.68 Å². The molecule has 0 amide bonds. The number of hydrogen-bond acceptors (Lipinski definition) is 4. The van der Waals surface area contributed by atoms with E-state index < -0.39 is 0 Å². The molecule has 4 aromatic carbocycles. The molecule has 4 aromatic rings. The average molecular weight is 537 g/mol. The second-order valence-corrected chi connectivity index (χ2v) is 10.3. The Hall–Kier alpha value is -3.28. The molecule has 0 fully saturated rings. The van der Waals surface area contributed by atoms with Crippen LogP contribution in [0.4, 0.5) is 0 Å². The zero-order valence-electron chi connectivity index (χ0n) is 23.7. The van der Waals surface area contributed by atoms with Gasteiger partial charge in [0.15, 0.2) is 0 Å². The maximum absolute atomic E-state index is 6.23. The first-order valence-electron chi connectivity index (χ1n) is 14.8. The summed E-state index contributed by atoms with van der Waals surface area (Å²) in [5.41, 5.74) is 5.08. The molecule has 0 radical (unpaired) electrons. The van der Waals surface area contributed by atoms with E-state index >= 15 is 0 Å². The molecular formula is C36H44N2O2. The molecule has 210 valence electrons. The van der Waals surface area contributed by atoms with Crippen LogP contribution in [0.5, 0.6) is 0 Å². The van der Waals surface area contributed by atoms with Gasteiger partial charge in [0.2, 0.25) is 0 Å². The van der Waals surface area contributed by atoms with E-state index in [1.807, 2.05) is 0 Å². The minimum absolute atomic E-state index is 0.761. The zero-order chi connectivity index (χ0) is 27.5.